The highest BCUT2D eigenvalue weighted by molar-refractivity contribution is 5.39. The standard InChI is InChI=1S/C19H25NO/c1-5-9-20-19(16-7-6-8-18(13-16)21-4)17-11-14(2)10-15(3)12-17/h6-8,10-13,19-20H,5,9H2,1-4H3. The molecule has 0 aliphatic rings. The molecule has 2 nitrogen and oxygen atoms in total. The van der Waals surface area contributed by atoms with Crippen molar-refractivity contribution in [2.75, 3.05) is 13.7 Å². The van der Waals surface area contributed by atoms with E-state index >= 15 is 0 Å². The zero-order valence-electron chi connectivity index (χ0n) is 13.4. The molecule has 0 aromatic heterocycles. The van der Waals surface area contributed by atoms with E-state index in [2.05, 4.69) is 62.5 Å². The minimum atomic E-state index is 0.207. The molecule has 0 aliphatic heterocycles. The van der Waals surface area contributed by atoms with Crippen molar-refractivity contribution in [3.05, 3.63) is 64.7 Å². The molecular weight excluding hydrogens is 258 g/mol. The van der Waals surface area contributed by atoms with Crippen LogP contribution >= 0.6 is 0 Å². The number of methoxy groups -OCH3 is 1. The van der Waals surface area contributed by atoms with Gasteiger partial charge in [-0.25, -0.2) is 0 Å². The van der Waals surface area contributed by atoms with Crippen LogP contribution in [-0.4, -0.2) is 13.7 Å². The highest BCUT2D eigenvalue weighted by Gasteiger charge is 2.14. The number of hydrogen-bond acceptors (Lipinski definition) is 2. The van der Waals surface area contributed by atoms with E-state index in [4.69, 9.17) is 4.74 Å². The summed E-state index contributed by atoms with van der Waals surface area (Å²) in [5.41, 5.74) is 5.16. The molecule has 1 unspecified atom stereocenters. The van der Waals surface area contributed by atoms with Crippen LogP contribution < -0.4 is 10.1 Å². The van der Waals surface area contributed by atoms with Crippen LogP contribution in [0.1, 0.15) is 41.6 Å². The number of benzene rings is 2. The molecule has 0 aliphatic carbocycles. The third kappa shape index (κ3) is 4.08. The smallest absolute Gasteiger partial charge is 0.119 e. The molecule has 0 saturated heterocycles. The molecule has 1 atom stereocenters. The van der Waals surface area contributed by atoms with Gasteiger partial charge in [-0.05, 0) is 50.1 Å². The summed E-state index contributed by atoms with van der Waals surface area (Å²) in [6.45, 7) is 7.49. The number of aryl methyl sites for hydroxylation is 2. The average Bonchev–Trinajstić information content (AvgIpc) is 2.47. The summed E-state index contributed by atoms with van der Waals surface area (Å²) >= 11 is 0. The summed E-state index contributed by atoms with van der Waals surface area (Å²) < 4.78 is 5.37. The number of nitrogens with one attached hydrogen (secondary N) is 1. The number of hydrogen-bond donors (Lipinski definition) is 1. The Balaban J connectivity index is 2.41. The molecular formula is C19H25NO. The molecule has 2 aromatic carbocycles. The molecule has 2 rings (SSSR count). The average molecular weight is 283 g/mol. The summed E-state index contributed by atoms with van der Waals surface area (Å²) in [4.78, 5) is 0. The summed E-state index contributed by atoms with van der Waals surface area (Å²) in [5.74, 6) is 0.903. The summed E-state index contributed by atoms with van der Waals surface area (Å²) in [5, 5.41) is 3.65. The highest BCUT2D eigenvalue weighted by Crippen LogP contribution is 2.26. The largest absolute Gasteiger partial charge is 0.497 e. The number of ether oxygens (including phenoxy) is 1. The SMILES string of the molecule is CCCNC(c1cc(C)cc(C)c1)c1cccc(OC)c1. The molecule has 2 aromatic rings. The lowest BCUT2D eigenvalue weighted by atomic mass is 9.95. The first-order valence-electron chi connectivity index (χ1n) is 7.59. The fourth-order valence-corrected chi connectivity index (χ4v) is 2.71. The normalized spacial score (nSPS) is 12.2. The quantitative estimate of drug-likeness (QED) is 0.848. The van der Waals surface area contributed by atoms with Gasteiger partial charge in [0.1, 0.15) is 5.75 Å². The molecule has 0 heterocycles. The molecule has 0 saturated carbocycles. The lowest BCUT2D eigenvalue weighted by Crippen LogP contribution is -2.23. The van der Waals surface area contributed by atoms with Crippen LogP contribution in [0.25, 0.3) is 0 Å². The second-order valence-electron chi connectivity index (χ2n) is 5.58. The molecule has 21 heavy (non-hydrogen) atoms. The van der Waals surface area contributed by atoms with Gasteiger partial charge in [-0.2, -0.15) is 0 Å². The van der Waals surface area contributed by atoms with Crippen LogP contribution in [0.15, 0.2) is 42.5 Å². The van der Waals surface area contributed by atoms with E-state index in [1.165, 1.54) is 22.3 Å². The zero-order chi connectivity index (χ0) is 15.2. The number of rotatable bonds is 6. The molecule has 0 spiro atoms. The first-order valence-corrected chi connectivity index (χ1v) is 7.59. The zero-order valence-corrected chi connectivity index (χ0v) is 13.4. The minimum Gasteiger partial charge on any atom is -0.497 e. The van der Waals surface area contributed by atoms with Gasteiger partial charge in [0.15, 0.2) is 0 Å². The van der Waals surface area contributed by atoms with Crippen molar-refractivity contribution < 1.29 is 4.74 Å². The Kier molecular flexibility index (Phi) is 5.40. The summed E-state index contributed by atoms with van der Waals surface area (Å²) in [7, 11) is 1.71. The summed E-state index contributed by atoms with van der Waals surface area (Å²) in [6, 6.07) is 15.3. The van der Waals surface area contributed by atoms with Crippen molar-refractivity contribution in [1.82, 2.24) is 5.32 Å². The maximum absolute atomic E-state index is 5.37. The van der Waals surface area contributed by atoms with Gasteiger partial charge in [0.2, 0.25) is 0 Å². The molecule has 2 heteroatoms. The van der Waals surface area contributed by atoms with E-state index in [9.17, 15) is 0 Å². The Morgan fingerprint density at radius 1 is 1.00 bits per heavy atom. The van der Waals surface area contributed by atoms with Crippen molar-refractivity contribution in [3.63, 3.8) is 0 Å². The van der Waals surface area contributed by atoms with E-state index in [1.807, 2.05) is 6.07 Å². The van der Waals surface area contributed by atoms with Crippen LogP contribution in [0.5, 0.6) is 5.75 Å². The lowest BCUT2D eigenvalue weighted by Gasteiger charge is -2.21. The van der Waals surface area contributed by atoms with Gasteiger partial charge in [0.05, 0.1) is 13.2 Å². The Morgan fingerprint density at radius 2 is 1.71 bits per heavy atom. The van der Waals surface area contributed by atoms with Crippen LogP contribution in [0, 0.1) is 13.8 Å². The van der Waals surface area contributed by atoms with Crippen molar-refractivity contribution >= 4 is 0 Å². The van der Waals surface area contributed by atoms with Crippen LogP contribution in [0.3, 0.4) is 0 Å². The maximum atomic E-state index is 5.37. The topological polar surface area (TPSA) is 21.3 Å². The van der Waals surface area contributed by atoms with Gasteiger partial charge >= 0.3 is 0 Å². The first kappa shape index (κ1) is 15.6. The fraction of sp³-hybridized carbons (Fsp3) is 0.368. The van der Waals surface area contributed by atoms with Gasteiger partial charge in [-0.1, -0.05) is 48.4 Å². The van der Waals surface area contributed by atoms with Gasteiger partial charge in [-0.15, -0.1) is 0 Å². The van der Waals surface area contributed by atoms with Crippen LogP contribution in [0.4, 0.5) is 0 Å². The van der Waals surface area contributed by atoms with Gasteiger partial charge in [-0.3, -0.25) is 0 Å². The molecule has 1 N–H and O–H groups in total. The lowest BCUT2D eigenvalue weighted by molar-refractivity contribution is 0.413. The summed E-state index contributed by atoms with van der Waals surface area (Å²) in [6.07, 6.45) is 1.12. The minimum absolute atomic E-state index is 0.207. The van der Waals surface area contributed by atoms with Crippen molar-refractivity contribution in [1.29, 1.82) is 0 Å². The van der Waals surface area contributed by atoms with Crippen LogP contribution in [0.2, 0.25) is 0 Å². The Labute approximate surface area is 128 Å². The Morgan fingerprint density at radius 3 is 2.33 bits per heavy atom. The van der Waals surface area contributed by atoms with Gasteiger partial charge < -0.3 is 10.1 Å². The van der Waals surface area contributed by atoms with Crippen LogP contribution in [-0.2, 0) is 0 Å². The molecule has 0 radical (unpaired) electrons. The van der Waals surface area contributed by atoms with Crippen molar-refractivity contribution in [2.45, 2.75) is 33.2 Å². The molecule has 112 valence electrons. The monoisotopic (exact) mass is 283 g/mol. The van der Waals surface area contributed by atoms with E-state index in [0.29, 0.717) is 0 Å². The predicted molar refractivity (Wildman–Crippen MR) is 89.0 cm³/mol. The first-order chi connectivity index (χ1) is 10.1. The van der Waals surface area contributed by atoms with E-state index in [1.54, 1.807) is 7.11 Å². The second kappa shape index (κ2) is 7.28. The second-order valence-corrected chi connectivity index (χ2v) is 5.58. The Hall–Kier alpha value is -1.80. The van der Waals surface area contributed by atoms with Gasteiger partial charge in [0.25, 0.3) is 0 Å². The molecule has 0 fully saturated rings. The van der Waals surface area contributed by atoms with E-state index < -0.39 is 0 Å². The van der Waals surface area contributed by atoms with Crippen molar-refractivity contribution in [3.8, 4) is 5.75 Å². The third-order valence-corrected chi connectivity index (χ3v) is 3.60. The highest BCUT2D eigenvalue weighted by atomic mass is 16.5. The maximum Gasteiger partial charge on any atom is 0.119 e. The molecule has 0 bridgehead atoms. The van der Waals surface area contributed by atoms with E-state index in [0.717, 1.165) is 18.7 Å². The van der Waals surface area contributed by atoms with E-state index in [-0.39, 0.29) is 6.04 Å². The van der Waals surface area contributed by atoms with Gasteiger partial charge in [0, 0.05) is 0 Å². The predicted octanol–water partition coefficient (Wildman–Crippen LogP) is 4.40. The Bertz CT molecular complexity index is 572. The third-order valence-electron chi connectivity index (χ3n) is 3.60. The fourth-order valence-electron chi connectivity index (χ4n) is 2.71. The van der Waals surface area contributed by atoms with Crippen molar-refractivity contribution in [2.24, 2.45) is 0 Å². The molecule has 0 amide bonds.